The van der Waals surface area contributed by atoms with Crippen molar-refractivity contribution < 1.29 is 0 Å². The topological polar surface area (TPSA) is 38.5 Å². The van der Waals surface area contributed by atoms with Gasteiger partial charge in [0.2, 0.25) is 0 Å². The van der Waals surface area contributed by atoms with Crippen LogP contribution < -0.4 is 0 Å². The standard InChI is InChI=1S/C12H18N4S/c1-4-16-10-9(8(2)14-16)13-11(17)15(10)7-12(3)5-6-12/h4-7H2,1-3H3,(H,13,17). The monoisotopic (exact) mass is 250 g/mol. The Labute approximate surface area is 106 Å². The summed E-state index contributed by atoms with van der Waals surface area (Å²) < 4.78 is 5.10. The van der Waals surface area contributed by atoms with E-state index in [9.17, 15) is 0 Å². The fourth-order valence-electron chi connectivity index (χ4n) is 2.38. The summed E-state index contributed by atoms with van der Waals surface area (Å²) in [4.78, 5) is 3.29. The highest BCUT2D eigenvalue weighted by Crippen LogP contribution is 2.46. The number of aromatic amines is 1. The average Bonchev–Trinajstić information content (AvgIpc) is 2.82. The number of rotatable bonds is 3. The molecule has 5 heteroatoms. The van der Waals surface area contributed by atoms with Crippen molar-refractivity contribution in [2.45, 2.75) is 46.7 Å². The summed E-state index contributed by atoms with van der Waals surface area (Å²) in [7, 11) is 0. The summed E-state index contributed by atoms with van der Waals surface area (Å²) in [5, 5.41) is 4.54. The third-order valence-corrected chi connectivity index (χ3v) is 4.10. The van der Waals surface area contributed by atoms with Gasteiger partial charge < -0.3 is 9.55 Å². The Morgan fingerprint density at radius 2 is 2.18 bits per heavy atom. The molecule has 1 saturated carbocycles. The Morgan fingerprint density at radius 3 is 2.76 bits per heavy atom. The van der Waals surface area contributed by atoms with Crippen molar-refractivity contribution in [3.63, 3.8) is 0 Å². The first kappa shape index (κ1) is 11.0. The highest BCUT2D eigenvalue weighted by atomic mass is 32.1. The molecule has 1 N–H and O–H groups in total. The minimum Gasteiger partial charge on any atom is -0.328 e. The van der Waals surface area contributed by atoms with Crippen molar-refractivity contribution in [2.75, 3.05) is 0 Å². The maximum Gasteiger partial charge on any atom is 0.179 e. The number of nitrogens with zero attached hydrogens (tertiary/aromatic N) is 3. The predicted molar refractivity (Wildman–Crippen MR) is 70.7 cm³/mol. The third kappa shape index (κ3) is 1.64. The van der Waals surface area contributed by atoms with Crippen LogP contribution in [0.5, 0.6) is 0 Å². The van der Waals surface area contributed by atoms with Crippen molar-refractivity contribution in [2.24, 2.45) is 5.41 Å². The lowest BCUT2D eigenvalue weighted by Gasteiger charge is -2.11. The van der Waals surface area contributed by atoms with Gasteiger partial charge in [0.1, 0.15) is 5.52 Å². The maximum absolute atomic E-state index is 5.44. The average molecular weight is 250 g/mol. The van der Waals surface area contributed by atoms with Gasteiger partial charge in [-0.3, -0.25) is 0 Å². The second kappa shape index (κ2) is 3.45. The second-order valence-electron chi connectivity index (χ2n) is 5.43. The SMILES string of the molecule is CCn1nc(C)c2[nH]c(=S)n(CC3(C)CC3)c21. The lowest BCUT2D eigenvalue weighted by Crippen LogP contribution is -2.11. The van der Waals surface area contributed by atoms with E-state index in [-0.39, 0.29) is 0 Å². The van der Waals surface area contributed by atoms with E-state index in [2.05, 4.69) is 28.5 Å². The Hall–Kier alpha value is -1.10. The van der Waals surface area contributed by atoms with Crippen LogP contribution in [0.1, 0.15) is 32.4 Å². The molecule has 17 heavy (non-hydrogen) atoms. The molecule has 0 aromatic carbocycles. The summed E-state index contributed by atoms with van der Waals surface area (Å²) >= 11 is 5.44. The summed E-state index contributed by atoms with van der Waals surface area (Å²) in [6.45, 7) is 8.37. The van der Waals surface area contributed by atoms with E-state index in [1.807, 2.05) is 11.6 Å². The summed E-state index contributed by atoms with van der Waals surface area (Å²) in [5.41, 5.74) is 3.74. The number of fused-ring (bicyclic) bond motifs is 1. The summed E-state index contributed by atoms with van der Waals surface area (Å²) in [6.07, 6.45) is 2.61. The van der Waals surface area contributed by atoms with E-state index in [0.29, 0.717) is 5.41 Å². The number of nitrogens with one attached hydrogen (secondary N) is 1. The normalized spacial score (nSPS) is 17.8. The molecule has 1 aliphatic rings. The van der Waals surface area contributed by atoms with Crippen molar-refractivity contribution in [3.8, 4) is 0 Å². The number of aryl methyl sites for hydroxylation is 2. The molecule has 2 aromatic rings. The van der Waals surface area contributed by atoms with Crippen molar-refractivity contribution in [1.29, 1.82) is 0 Å². The van der Waals surface area contributed by atoms with Gasteiger partial charge in [0.15, 0.2) is 10.4 Å². The van der Waals surface area contributed by atoms with Crippen LogP contribution >= 0.6 is 12.2 Å². The number of aromatic nitrogens is 4. The molecule has 0 spiro atoms. The third-order valence-electron chi connectivity index (χ3n) is 3.78. The van der Waals surface area contributed by atoms with Gasteiger partial charge >= 0.3 is 0 Å². The van der Waals surface area contributed by atoms with Crippen LogP contribution in [0, 0.1) is 17.1 Å². The molecule has 1 aliphatic carbocycles. The first-order valence-corrected chi connectivity index (χ1v) is 6.61. The molecular weight excluding hydrogens is 232 g/mol. The van der Waals surface area contributed by atoms with Crippen LogP contribution in [-0.2, 0) is 13.1 Å². The molecule has 0 amide bonds. The molecular formula is C12H18N4S. The first-order chi connectivity index (χ1) is 8.04. The summed E-state index contributed by atoms with van der Waals surface area (Å²) in [6, 6.07) is 0. The highest BCUT2D eigenvalue weighted by molar-refractivity contribution is 7.71. The molecule has 0 unspecified atom stereocenters. The van der Waals surface area contributed by atoms with Gasteiger partial charge in [-0.05, 0) is 44.3 Å². The smallest absolute Gasteiger partial charge is 0.179 e. The molecule has 0 atom stereocenters. The molecule has 4 nitrogen and oxygen atoms in total. The molecule has 1 fully saturated rings. The van der Waals surface area contributed by atoms with Crippen LogP contribution in [0.15, 0.2) is 0 Å². The quantitative estimate of drug-likeness (QED) is 0.850. The molecule has 0 radical (unpaired) electrons. The maximum atomic E-state index is 5.44. The lowest BCUT2D eigenvalue weighted by atomic mass is 10.1. The van der Waals surface area contributed by atoms with E-state index < -0.39 is 0 Å². The fourth-order valence-corrected chi connectivity index (χ4v) is 2.63. The predicted octanol–water partition coefficient (Wildman–Crippen LogP) is 3.02. The fraction of sp³-hybridized carbons (Fsp3) is 0.667. The van der Waals surface area contributed by atoms with Crippen molar-refractivity contribution >= 4 is 23.4 Å². The molecule has 2 aromatic heterocycles. The van der Waals surface area contributed by atoms with Gasteiger partial charge in [-0.1, -0.05) is 6.92 Å². The molecule has 0 saturated heterocycles. The van der Waals surface area contributed by atoms with Crippen LogP contribution in [0.2, 0.25) is 0 Å². The number of imidazole rings is 1. The lowest BCUT2D eigenvalue weighted by molar-refractivity contribution is 0.461. The largest absolute Gasteiger partial charge is 0.328 e. The summed E-state index contributed by atoms with van der Waals surface area (Å²) in [5.74, 6) is 0. The minimum atomic E-state index is 0.449. The number of H-pyrrole nitrogens is 1. The molecule has 0 bridgehead atoms. The number of hydrogen-bond acceptors (Lipinski definition) is 2. The second-order valence-corrected chi connectivity index (χ2v) is 5.81. The Morgan fingerprint density at radius 1 is 1.47 bits per heavy atom. The van der Waals surface area contributed by atoms with E-state index in [0.717, 1.165) is 34.7 Å². The minimum absolute atomic E-state index is 0.449. The van der Waals surface area contributed by atoms with E-state index in [1.54, 1.807) is 0 Å². The van der Waals surface area contributed by atoms with E-state index in [1.165, 1.54) is 12.8 Å². The van der Waals surface area contributed by atoms with E-state index >= 15 is 0 Å². The van der Waals surface area contributed by atoms with Gasteiger partial charge in [-0.15, -0.1) is 0 Å². The van der Waals surface area contributed by atoms with Gasteiger partial charge in [-0.2, -0.15) is 5.10 Å². The van der Waals surface area contributed by atoms with Gasteiger partial charge in [-0.25, -0.2) is 4.68 Å². The Bertz CT molecular complexity index is 627. The molecule has 92 valence electrons. The van der Waals surface area contributed by atoms with Crippen molar-refractivity contribution in [3.05, 3.63) is 10.5 Å². The van der Waals surface area contributed by atoms with Gasteiger partial charge in [0.25, 0.3) is 0 Å². The van der Waals surface area contributed by atoms with Gasteiger partial charge in [0, 0.05) is 13.1 Å². The zero-order chi connectivity index (χ0) is 12.2. The van der Waals surface area contributed by atoms with Crippen LogP contribution in [0.4, 0.5) is 0 Å². The Kier molecular flexibility index (Phi) is 2.23. The molecule has 2 heterocycles. The van der Waals surface area contributed by atoms with Crippen molar-refractivity contribution in [1.82, 2.24) is 19.3 Å². The first-order valence-electron chi connectivity index (χ1n) is 6.20. The van der Waals surface area contributed by atoms with Gasteiger partial charge in [0.05, 0.1) is 5.69 Å². The van der Waals surface area contributed by atoms with Crippen LogP contribution in [0.3, 0.4) is 0 Å². The zero-order valence-corrected chi connectivity index (χ0v) is 11.4. The molecule has 3 rings (SSSR count). The van der Waals surface area contributed by atoms with Crippen LogP contribution in [-0.4, -0.2) is 19.3 Å². The number of hydrogen-bond donors (Lipinski definition) is 1. The highest BCUT2D eigenvalue weighted by Gasteiger charge is 2.38. The Balaban J connectivity index is 2.21. The molecule has 0 aliphatic heterocycles. The van der Waals surface area contributed by atoms with E-state index in [4.69, 9.17) is 12.2 Å². The van der Waals surface area contributed by atoms with Crippen LogP contribution in [0.25, 0.3) is 11.2 Å². The zero-order valence-electron chi connectivity index (χ0n) is 10.6.